The maximum atomic E-state index is 5.47. The number of nitrogens with one attached hydrogen (secondary N) is 1. The van der Waals surface area contributed by atoms with Crippen molar-refractivity contribution < 1.29 is 4.74 Å². The summed E-state index contributed by atoms with van der Waals surface area (Å²) >= 11 is 0. The highest BCUT2D eigenvalue weighted by molar-refractivity contribution is 5.59. The van der Waals surface area contributed by atoms with E-state index in [1.165, 1.54) is 22.3 Å². The third-order valence-corrected chi connectivity index (χ3v) is 3.78. The Morgan fingerprint density at radius 2 is 1.70 bits per heavy atom. The van der Waals surface area contributed by atoms with Gasteiger partial charge < -0.3 is 10.1 Å². The first-order valence-corrected chi connectivity index (χ1v) is 7.12. The van der Waals surface area contributed by atoms with Crippen molar-refractivity contribution in [2.75, 3.05) is 12.4 Å². The number of hydrogen-bond acceptors (Lipinski definition) is 2. The van der Waals surface area contributed by atoms with Crippen LogP contribution in [0.15, 0.2) is 36.4 Å². The van der Waals surface area contributed by atoms with Gasteiger partial charge in [-0.25, -0.2) is 0 Å². The monoisotopic (exact) mass is 269 g/mol. The Balaban J connectivity index is 2.19. The third kappa shape index (κ3) is 2.96. The second kappa shape index (κ2) is 6.47. The second-order valence-corrected chi connectivity index (χ2v) is 5.06. The van der Waals surface area contributed by atoms with E-state index in [1.54, 1.807) is 7.11 Å². The standard InChI is InChI=1S/C18H23NO/c1-5-15-8-6-7-9-16(15)12-19-17-11-10-13(2)18(20-4)14(17)3/h6-11,19H,5,12H2,1-4H3. The van der Waals surface area contributed by atoms with Gasteiger partial charge in [0, 0.05) is 17.8 Å². The summed E-state index contributed by atoms with van der Waals surface area (Å²) in [7, 11) is 1.73. The van der Waals surface area contributed by atoms with Crippen LogP contribution < -0.4 is 10.1 Å². The molecule has 2 aromatic rings. The van der Waals surface area contributed by atoms with Gasteiger partial charge in [0.15, 0.2) is 0 Å². The third-order valence-electron chi connectivity index (χ3n) is 3.78. The largest absolute Gasteiger partial charge is 0.496 e. The SMILES string of the molecule is CCc1ccccc1CNc1ccc(C)c(OC)c1C. The molecule has 0 saturated carbocycles. The van der Waals surface area contributed by atoms with Crippen molar-refractivity contribution >= 4 is 5.69 Å². The van der Waals surface area contributed by atoms with Crippen molar-refractivity contribution in [3.63, 3.8) is 0 Å². The molecule has 0 bridgehead atoms. The fraction of sp³-hybridized carbons (Fsp3) is 0.333. The van der Waals surface area contributed by atoms with Crippen LogP contribution in [0.4, 0.5) is 5.69 Å². The van der Waals surface area contributed by atoms with Crippen LogP contribution in [0.1, 0.15) is 29.2 Å². The van der Waals surface area contributed by atoms with Crippen LogP contribution in [0.5, 0.6) is 5.75 Å². The molecule has 2 aromatic carbocycles. The van der Waals surface area contributed by atoms with Gasteiger partial charge in [-0.05, 0) is 43.0 Å². The van der Waals surface area contributed by atoms with E-state index in [0.717, 1.165) is 24.4 Å². The second-order valence-electron chi connectivity index (χ2n) is 5.06. The van der Waals surface area contributed by atoms with E-state index < -0.39 is 0 Å². The first-order chi connectivity index (χ1) is 9.67. The van der Waals surface area contributed by atoms with Gasteiger partial charge in [0.1, 0.15) is 5.75 Å². The Morgan fingerprint density at radius 3 is 2.35 bits per heavy atom. The molecule has 0 amide bonds. The molecule has 0 aromatic heterocycles. The summed E-state index contributed by atoms with van der Waals surface area (Å²) in [5, 5.41) is 3.53. The van der Waals surface area contributed by atoms with Gasteiger partial charge in [-0.15, -0.1) is 0 Å². The van der Waals surface area contributed by atoms with Gasteiger partial charge in [-0.3, -0.25) is 0 Å². The first kappa shape index (κ1) is 14.4. The molecule has 20 heavy (non-hydrogen) atoms. The van der Waals surface area contributed by atoms with Crippen molar-refractivity contribution in [2.24, 2.45) is 0 Å². The maximum Gasteiger partial charge on any atom is 0.126 e. The summed E-state index contributed by atoms with van der Waals surface area (Å²) in [5.74, 6) is 0.971. The first-order valence-electron chi connectivity index (χ1n) is 7.12. The molecule has 0 fully saturated rings. The maximum absolute atomic E-state index is 5.47. The van der Waals surface area contributed by atoms with Crippen LogP contribution in [0, 0.1) is 13.8 Å². The molecule has 0 aliphatic carbocycles. The molecule has 0 aliphatic rings. The number of anilines is 1. The molecule has 2 rings (SSSR count). The Morgan fingerprint density at radius 1 is 1.00 bits per heavy atom. The number of hydrogen-bond donors (Lipinski definition) is 1. The highest BCUT2D eigenvalue weighted by Gasteiger charge is 2.08. The highest BCUT2D eigenvalue weighted by atomic mass is 16.5. The van der Waals surface area contributed by atoms with E-state index in [9.17, 15) is 0 Å². The van der Waals surface area contributed by atoms with E-state index in [4.69, 9.17) is 4.74 Å². The lowest BCUT2D eigenvalue weighted by molar-refractivity contribution is 0.409. The molecule has 0 heterocycles. The number of rotatable bonds is 5. The van der Waals surface area contributed by atoms with Gasteiger partial charge in [0.25, 0.3) is 0 Å². The minimum Gasteiger partial charge on any atom is -0.496 e. The topological polar surface area (TPSA) is 21.3 Å². The van der Waals surface area contributed by atoms with Gasteiger partial charge in [-0.2, -0.15) is 0 Å². The van der Waals surface area contributed by atoms with Crippen LogP contribution in [-0.2, 0) is 13.0 Å². The van der Waals surface area contributed by atoms with E-state index in [1.807, 2.05) is 0 Å². The van der Waals surface area contributed by atoms with Crippen LogP contribution in [0.3, 0.4) is 0 Å². The zero-order valence-corrected chi connectivity index (χ0v) is 12.8. The molecule has 0 saturated heterocycles. The fourth-order valence-corrected chi connectivity index (χ4v) is 2.60. The van der Waals surface area contributed by atoms with Crippen molar-refractivity contribution in [3.05, 3.63) is 58.7 Å². The Bertz CT molecular complexity index is 590. The summed E-state index contributed by atoms with van der Waals surface area (Å²) in [5.41, 5.74) is 6.23. The van der Waals surface area contributed by atoms with E-state index in [2.05, 4.69) is 62.5 Å². The van der Waals surface area contributed by atoms with Crippen LogP contribution in [-0.4, -0.2) is 7.11 Å². The predicted molar refractivity (Wildman–Crippen MR) is 85.6 cm³/mol. The van der Waals surface area contributed by atoms with Crippen molar-refractivity contribution in [3.8, 4) is 5.75 Å². The average Bonchev–Trinajstić information content (AvgIpc) is 2.47. The quantitative estimate of drug-likeness (QED) is 0.863. The normalized spacial score (nSPS) is 10.4. The summed E-state index contributed by atoms with van der Waals surface area (Å²) in [4.78, 5) is 0. The van der Waals surface area contributed by atoms with Crippen LogP contribution in [0.2, 0.25) is 0 Å². The van der Waals surface area contributed by atoms with E-state index in [-0.39, 0.29) is 0 Å². The minimum atomic E-state index is 0.844. The van der Waals surface area contributed by atoms with E-state index >= 15 is 0 Å². The summed E-state index contributed by atoms with van der Waals surface area (Å²) in [6.45, 7) is 7.21. The fourth-order valence-electron chi connectivity index (χ4n) is 2.60. The lowest BCUT2D eigenvalue weighted by Gasteiger charge is -2.16. The molecule has 1 N–H and O–H groups in total. The van der Waals surface area contributed by atoms with Crippen molar-refractivity contribution in [1.82, 2.24) is 0 Å². The Hall–Kier alpha value is -1.96. The number of benzene rings is 2. The summed E-state index contributed by atoms with van der Waals surface area (Å²) in [6.07, 6.45) is 1.06. The lowest BCUT2D eigenvalue weighted by Crippen LogP contribution is -2.05. The van der Waals surface area contributed by atoms with Crippen molar-refractivity contribution in [1.29, 1.82) is 0 Å². The van der Waals surface area contributed by atoms with Crippen molar-refractivity contribution in [2.45, 2.75) is 33.7 Å². The zero-order valence-electron chi connectivity index (χ0n) is 12.8. The zero-order chi connectivity index (χ0) is 14.5. The molecule has 106 valence electrons. The summed E-state index contributed by atoms with van der Waals surface area (Å²) < 4.78 is 5.47. The molecule has 0 aliphatic heterocycles. The molecule has 0 atom stereocenters. The highest BCUT2D eigenvalue weighted by Crippen LogP contribution is 2.29. The average molecular weight is 269 g/mol. The molecule has 0 spiro atoms. The molecular weight excluding hydrogens is 246 g/mol. The molecule has 2 nitrogen and oxygen atoms in total. The summed E-state index contributed by atoms with van der Waals surface area (Å²) in [6, 6.07) is 12.8. The number of methoxy groups -OCH3 is 1. The molecular formula is C18H23NO. The lowest BCUT2D eigenvalue weighted by atomic mass is 10.0. The predicted octanol–water partition coefficient (Wildman–Crippen LogP) is 4.49. The number of aryl methyl sites for hydroxylation is 2. The Labute approximate surface area is 121 Å². The van der Waals surface area contributed by atoms with Gasteiger partial charge in [0.2, 0.25) is 0 Å². The minimum absolute atomic E-state index is 0.844. The van der Waals surface area contributed by atoms with Gasteiger partial charge in [-0.1, -0.05) is 37.3 Å². The van der Waals surface area contributed by atoms with Gasteiger partial charge >= 0.3 is 0 Å². The van der Waals surface area contributed by atoms with Gasteiger partial charge in [0.05, 0.1) is 7.11 Å². The number of ether oxygens (including phenoxy) is 1. The van der Waals surface area contributed by atoms with E-state index in [0.29, 0.717) is 0 Å². The Kier molecular flexibility index (Phi) is 4.67. The molecule has 0 unspecified atom stereocenters. The molecule has 0 radical (unpaired) electrons. The van der Waals surface area contributed by atoms with Crippen LogP contribution in [0.25, 0.3) is 0 Å². The molecule has 2 heteroatoms. The van der Waals surface area contributed by atoms with Crippen LogP contribution >= 0.6 is 0 Å². The smallest absolute Gasteiger partial charge is 0.126 e.